The molecule has 0 spiro atoms. The zero-order valence-corrected chi connectivity index (χ0v) is 34.0. The third-order valence-corrected chi connectivity index (χ3v) is 14.0. The number of anilines is 1. The van der Waals surface area contributed by atoms with Crippen molar-refractivity contribution in [1.82, 2.24) is 0 Å². The number of hydrogen-bond acceptors (Lipinski definition) is 1. The Kier molecular flexibility index (Phi) is 8.19. The van der Waals surface area contributed by atoms with Gasteiger partial charge in [0, 0.05) is 29.8 Å². The lowest BCUT2D eigenvalue weighted by molar-refractivity contribution is 0.290. The monoisotopic (exact) mass is 727 g/mol. The molecule has 0 amide bonds. The Hall–Kier alpha value is -5.40. The van der Waals surface area contributed by atoms with E-state index >= 15 is 0 Å². The molecule has 0 saturated heterocycles. The summed E-state index contributed by atoms with van der Waals surface area (Å²) in [4.78, 5) is 2.46. The van der Waals surface area contributed by atoms with E-state index in [2.05, 4.69) is 180 Å². The van der Waals surface area contributed by atoms with Crippen LogP contribution in [0.15, 0.2) is 150 Å². The fraction of sp³-hybridized carbons (Fsp3) is 0.273. The molecule has 0 N–H and O–H groups in total. The molecule has 2 atom stereocenters. The van der Waals surface area contributed by atoms with Crippen LogP contribution in [0, 0.1) is 18.3 Å². The van der Waals surface area contributed by atoms with Gasteiger partial charge in [-0.15, -0.1) is 0 Å². The standard InChI is InChI=1S/C55H53N/c1-7-14-36-15-8-9-19-42(36)44-33-46-47-34-55(5,30-29-48(47)54(3,4)50(46)31-35(44)2)49-21-10-11-22-51(49)56(6)41-27-25-37(26-28-41)45-32-40-18-12-16-38-23-24-39-17-13-20-43(45)53(39)52(38)40/h9-13,16-20,22-29,31-34,49H,7-8,14-15,21,30H2,1-6H3. The molecule has 0 saturated carbocycles. The van der Waals surface area contributed by atoms with Crippen molar-refractivity contribution in [2.75, 3.05) is 11.9 Å². The highest BCUT2D eigenvalue weighted by Crippen LogP contribution is 2.57. The van der Waals surface area contributed by atoms with Crippen molar-refractivity contribution in [3.05, 3.63) is 173 Å². The Bertz CT molecular complexity index is 2760. The molecule has 1 heteroatoms. The molecule has 278 valence electrons. The van der Waals surface area contributed by atoms with E-state index < -0.39 is 0 Å². The van der Waals surface area contributed by atoms with Gasteiger partial charge in [0.05, 0.1) is 0 Å². The lowest BCUT2D eigenvalue weighted by atomic mass is 9.65. The smallest absolute Gasteiger partial charge is 0.0406 e. The van der Waals surface area contributed by atoms with Crippen molar-refractivity contribution < 1.29 is 0 Å². The molecule has 56 heavy (non-hydrogen) atoms. The molecule has 0 aliphatic heterocycles. The maximum Gasteiger partial charge on any atom is 0.0406 e. The Morgan fingerprint density at radius 1 is 0.786 bits per heavy atom. The van der Waals surface area contributed by atoms with Crippen molar-refractivity contribution in [3.63, 3.8) is 0 Å². The summed E-state index contributed by atoms with van der Waals surface area (Å²) in [6.45, 7) is 12.0. The largest absolute Gasteiger partial charge is 0.348 e. The molecular weight excluding hydrogens is 675 g/mol. The van der Waals surface area contributed by atoms with Gasteiger partial charge in [0.15, 0.2) is 0 Å². The number of aryl methyl sites for hydroxylation is 1. The Labute approximate surface area is 333 Å². The van der Waals surface area contributed by atoms with E-state index in [1.807, 2.05) is 0 Å². The zero-order valence-electron chi connectivity index (χ0n) is 34.0. The van der Waals surface area contributed by atoms with Crippen molar-refractivity contribution in [3.8, 4) is 11.1 Å². The van der Waals surface area contributed by atoms with Gasteiger partial charge in [0.1, 0.15) is 0 Å². The minimum Gasteiger partial charge on any atom is -0.348 e. The second-order valence-corrected chi connectivity index (χ2v) is 17.8. The van der Waals surface area contributed by atoms with E-state index in [0.717, 1.165) is 19.3 Å². The first-order chi connectivity index (χ1) is 27.2. The number of hydrogen-bond donors (Lipinski definition) is 0. The third-order valence-electron chi connectivity index (χ3n) is 14.0. The van der Waals surface area contributed by atoms with Crippen LogP contribution in [0.3, 0.4) is 0 Å². The lowest BCUT2D eigenvalue weighted by Gasteiger charge is -2.43. The van der Waals surface area contributed by atoms with Crippen LogP contribution in [0.1, 0.15) is 88.5 Å². The molecule has 6 aromatic carbocycles. The summed E-state index contributed by atoms with van der Waals surface area (Å²) >= 11 is 0. The van der Waals surface area contributed by atoms with Crippen LogP contribution in [0.25, 0.3) is 54.6 Å². The van der Waals surface area contributed by atoms with Gasteiger partial charge in [-0.1, -0.05) is 143 Å². The van der Waals surface area contributed by atoms with Gasteiger partial charge in [-0.3, -0.25) is 0 Å². The minimum atomic E-state index is -0.0241. The molecule has 0 radical (unpaired) electrons. The second kappa shape index (κ2) is 13.1. The Balaban J connectivity index is 0.997. The van der Waals surface area contributed by atoms with E-state index in [9.17, 15) is 0 Å². The van der Waals surface area contributed by atoms with Gasteiger partial charge in [0.2, 0.25) is 0 Å². The molecule has 1 nitrogen and oxygen atoms in total. The summed E-state index contributed by atoms with van der Waals surface area (Å²) in [6.07, 6.45) is 23.9. The summed E-state index contributed by atoms with van der Waals surface area (Å²) in [5.74, 6) is 0.357. The molecule has 4 aliphatic rings. The van der Waals surface area contributed by atoms with E-state index in [4.69, 9.17) is 0 Å². The summed E-state index contributed by atoms with van der Waals surface area (Å²) in [5.41, 5.74) is 17.0. The minimum absolute atomic E-state index is 0.00755. The van der Waals surface area contributed by atoms with Crippen LogP contribution in [0.4, 0.5) is 5.69 Å². The highest BCUT2D eigenvalue weighted by Gasteiger charge is 2.45. The predicted molar refractivity (Wildman–Crippen MR) is 243 cm³/mol. The number of allylic oxidation sites excluding steroid dienone is 12. The molecule has 6 aromatic rings. The molecule has 10 rings (SSSR count). The number of fused-ring (bicyclic) bond motifs is 3. The van der Waals surface area contributed by atoms with Crippen LogP contribution in [-0.2, 0) is 5.41 Å². The van der Waals surface area contributed by atoms with Gasteiger partial charge >= 0.3 is 0 Å². The topological polar surface area (TPSA) is 3.24 Å². The summed E-state index contributed by atoms with van der Waals surface area (Å²) in [7, 11) is 2.27. The van der Waals surface area contributed by atoms with Crippen LogP contribution in [0.2, 0.25) is 0 Å². The maximum atomic E-state index is 2.69. The first kappa shape index (κ1) is 35.0. The SMILES string of the molecule is CCCC1=C(c2cc3c(cc2C)C(C)(C)C2=CCC(C)(C4CC=CC=C4N(C)c4ccc(-c5cc6cccc7ccc8cccc5c8c76)cc4)C=C23)C=CCC1. The van der Waals surface area contributed by atoms with Crippen molar-refractivity contribution in [2.24, 2.45) is 11.3 Å². The predicted octanol–water partition coefficient (Wildman–Crippen LogP) is 15.1. The maximum absolute atomic E-state index is 2.69. The van der Waals surface area contributed by atoms with Crippen LogP contribution in [-0.4, -0.2) is 7.05 Å². The fourth-order valence-corrected chi connectivity index (χ4v) is 11.0. The lowest BCUT2D eigenvalue weighted by Crippen LogP contribution is -2.35. The van der Waals surface area contributed by atoms with E-state index in [-0.39, 0.29) is 10.8 Å². The zero-order chi connectivity index (χ0) is 38.3. The van der Waals surface area contributed by atoms with Crippen LogP contribution >= 0.6 is 0 Å². The average Bonchev–Trinajstić information content (AvgIpc) is 3.43. The molecular formula is C55H53N. The quantitative estimate of drug-likeness (QED) is 0.148. The van der Waals surface area contributed by atoms with Gasteiger partial charge in [-0.05, 0) is 157 Å². The molecule has 4 aliphatic carbocycles. The Morgan fingerprint density at radius 2 is 1.55 bits per heavy atom. The van der Waals surface area contributed by atoms with Crippen molar-refractivity contribution in [1.29, 1.82) is 0 Å². The first-order valence-corrected chi connectivity index (χ1v) is 21.0. The van der Waals surface area contributed by atoms with Crippen molar-refractivity contribution in [2.45, 2.75) is 78.6 Å². The normalized spacial score (nSPS) is 21.4. The van der Waals surface area contributed by atoms with E-state index in [1.54, 1.807) is 5.57 Å². The van der Waals surface area contributed by atoms with Gasteiger partial charge in [-0.25, -0.2) is 0 Å². The molecule has 2 unspecified atom stereocenters. The average molecular weight is 728 g/mol. The van der Waals surface area contributed by atoms with Gasteiger partial charge < -0.3 is 4.90 Å². The second-order valence-electron chi connectivity index (χ2n) is 17.8. The summed E-state index contributed by atoms with van der Waals surface area (Å²) in [5, 5.41) is 7.99. The number of benzene rings is 6. The van der Waals surface area contributed by atoms with Gasteiger partial charge in [-0.2, -0.15) is 0 Å². The third kappa shape index (κ3) is 5.34. The van der Waals surface area contributed by atoms with Crippen LogP contribution in [0.5, 0.6) is 0 Å². The Morgan fingerprint density at radius 3 is 2.36 bits per heavy atom. The molecule has 0 aromatic heterocycles. The number of rotatable bonds is 7. The summed E-state index contributed by atoms with van der Waals surface area (Å²) < 4.78 is 0. The van der Waals surface area contributed by atoms with Crippen molar-refractivity contribution >= 4 is 49.2 Å². The first-order valence-electron chi connectivity index (χ1n) is 21.0. The van der Waals surface area contributed by atoms with Gasteiger partial charge in [0.25, 0.3) is 0 Å². The van der Waals surface area contributed by atoms with E-state index in [1.165, 1.54) is 113 Å². The summed E-state index contributed by atoms with van der Waals surface area (Å²) in [6, 6.07) is 34.8. The number of nitrogens with zero attached hydrogens (tertiary/aromatic N) is 1. The highest BCUT2D eigenvalue weighted by molar-refractivity contribution is 6.26. The molecule has 0 fully saturated rings. The van der Waals surface area contributed by atoms with Crippen LogP contribution < -0.4 is 4.90 Å². The fourth-order valence-electron chi connectivity index (χ4n) is 11.0. The molecule has 0 bridgehead atoms. The molecule has 0 heterocycles. The van der Waals surface area contributed by atoms with E-state index in [0.29, 0.717) is 5.92 Å². The highest BCUT2D eigenvalue weighted by atomic mass is 15.1.